The van der Waals surface area contributed by atoms with Crippen LogP contribution in [0.1, 0.15) is 17.2 Å². The van der Waals surface area contributed by atoms with Gasteiger partial charge in [-0.05, 0) is 31.5 Å². The molecule has 1 aliphatic rings. The first kappa shape index (κ1) is 18.9. The minimum absolute atomic E-state index is 0.509. The molecule has 0 spiro atoms. The Balaban J connectivity index is 1.66. The van der Waals surface area contributed by atoms with Gasteiger partial charge in [-0.1, -0.05) is 18.2 Å². The fourth-order valence-electron chi connectivity index (χ4n) is 3.17. The number of anilines is 1. The number of aromatic nitrogens is 3. The maximum absolute atomic E-state index is 4.78. The lowest BCUT2D eigenvalue weighted by atomic mass is 10.2. The van der Waals surface area contributed by atoms with Crippen LogP contribution in [0.2, 0.25) is 0 Å². The highest BCUT2D eigenvalue weighted by molar-refractivity contribution is 5.80. The van der Waals surface area contributed by atoms with Crippen LogP contribution < -0.4 is 10.2 Å². The second-order valence-corrected chi connectivity index (χ2v) is 6.84. The minimum atomic E-state index is 0.509. The third-order valence-corrected chi connectivity index (χ3v) is 4.90. The van der Waals surface area contributed by atoms with E-state index in [0.29, 0.717) is 13.1 Å². The summed E-state index contributed by atoms with van der Waals surface area (Å²) in [6, 6.07) is 8.69. The van der Waals surface area contributed by atoms with Gasteiger partial charge in [0.15, 0.2) is 11.8 Å². The number of nitrogens with zero attached hydrogens (tertiary/aromatic N) is 6. The van der Waals surface area contributed by atoms with Gasteiger partial charge in [-0.3, -0.25) is 0 Å². The topological polar surface area (TPSA) is 61.6 Å². The lowest BCUT2D eigenvalue weighted by molar-refractivity contribution is 0.373. The van der Waals surface area contributed by atoms with Crippen molar-refractivity contribution in [2.75, 3.05) is 37.6 Å². The van der Waals surface area contributed by atoms with Gasteiger partial charge in [0, 0.05) is 45.5 Å². The van der Waals surface area contributed by atoms with Crippen molar-refractivity contribution in [3.05, 3.63) is 54.1 Å². The summed E-state index contributed by atoms with van der Waals surface area (Å²) < 4.78 is 1.98. The van der Waals surface area contributed by atoms with Crippen molar-refractivity contribution in [1.82, 2.24) is 25.0 Å². The Bertz CT molecular complexity index is 800. The Morgan fingerprint density at radius 2 is 2.00 bits per heavy atom. The van der Waals surface area contributed by atoms with Gasteiger partial charge in [-0.2, -0.15) is 0 Å². The summed E-state index contributed by atoms with van der Waals surface area (Å²) in [5, 5.41) is 11.7. The van der Waals surface area contributed by atoms with Crippen LogP contribution in [0.25, 0.3) is 0 Å². The molecule has 1 fully saturated rings. The first-order chi connectivity index (χ1) is 13.1. The van der Waals surface area contributed by atoms with E-state index in [1.165, 1.54) is 11.3 Å². The molecular weight excluding hydrogens is 338 g/mol. The van der Waals surface area contributed by atoms with Crippen LogP contribution in [0.4, 0.5) is 5.69 Å². The number of hydrogen-bond acceptors (Lipinski definition) is 4. The number of hydrogen-bond donors (Lipinski definition) is 1. The van der Waals surface area contributed by atoms with E-state index in [1.807, 2.05) is 24.6 Å². The van der Waals surface area contributed by atoms with Crippen molar-refractivity contribution >= 4 is 11.6 Å². The van der Waals surface area contributed by atoms with E-state index < -0.39 is 0 Å². The largest absolute Gasteiger partial charge is 0.368 e. The van der Waals surface area contributed by atoms with E-state index in [4.69, 9.17) is 4.99 Å². The lowest BCUT2D eigenvalue weighted by Crippen LogP contribution is -2.52. The first-order valence-corrected chi connectivity index (χ1v) is 9.39. The fraction of sp³-hybridized carbons (Fsp3) is 0.450. The highest BCUT2D eigenvalue weighted by atomic mass is 15.4. The van der Waals surface area contributed by atoms with E-state index in [0.717, 1.165) is 43.8 Å². The Labute approximate surface area is 161 Å². The second-order valence-electron chi connectivity index (χ2n) is 6.84. The Morgan fingerprint density at radius 1 is 1.22 bits per heavy atom. The van der Waals surface area contributed by atoms with E-state index in [9.17, 15) is 0 Å². The van der Waals surface area contributed by atoms with Crippen LogP contribution in [0, 0.1) is 13.8 Å². The van der Waals surface area contributed by atoms with Crippen LogP contribution in [-0.4, -0.2) is 58.3 Å². The second kappa shape index (κ2) is 8.70. The van der Waals surface area contributed by atoms with Gasteiger partial charge >= 0.3 is 0 Å². The number of benzene rings is 1. The number of rotatable bonds is 5. The highest BCUT2D eigenvalue weighted by Crippen LogP contribution is 2.18. The molecule has 27 heavy (non-hydrogen) atoms. The summed E-state index contributed by atoms with van der Waals surface area (Å²) >= 11 is 0. The molecule has 0 unspecified atom stereocenters. The Hall–Kier alpha value is -2.83. The van der Waals surface area contributed by atoms with Crippen LogP contribution >= 0.6 is 0 Å². The van der Waals surface area contributed by atoms with Gasteiger partial charge in [0.1, 0.15) is 12.4 Å². The summed E-state index contributed by atoms with van der Waals surface area (Å²) in [6.45, 7) is 12.9. The van der Waals surface area contributed by atoms with Crippen molar-refractivity contribution in [1.29, 1.82) is 0 Å². The summed E-state index contributed by atoms with van der Waals surface area (Å²) in [4.78, 5) is 9.52. The fourth-order valence-corrected chi connectivity index (χ4v) is 3.17. The van der Waals surface area contributed by atoms with Gasteiger partial charge in [0.05, 0.1) is 0 Å². The molecular formula is C20H29N7. The van der Waals surface area contributed by atoms with Gasteiger partial charge in [0.2, 0.25) is 0 Å². The molecule has 0 aliphatic carbocycles. The average molecular weight is 368 g/mol. The standard InChI is InChI=1S/C20H29N7/c1-5-9-21-20(22-15-19-24-23-17(3)25(19)4)27-12-10-26(11-13-27)18-8-6-7-16(2)14-18/h5-8,14H,1,9-13,15H2,2-4H3,(H,21,22). The molecule has 0 radical (unpaired) electrons. The monoisotopic (exact) mass is 367 g/mol. The van der Waals surface area contributed by atoms with Crippen molar-refractivity contribution < 1.29 is 0 Å². The molecule has 0 atom stereocenters. The highest BCUT2D eigenvalue weighted by Gasteiger charge is 2.20. The minimum Gasteiger partial charge on any atom is -0.368 e. The zero-order chi connectivity index (χ0) is 19.2. The number of piperazine rings is 1. The Morgan fingerprint density at radius 3 is 2.63 bits per heavy atom. The molecule has 3 rings (SSSR count). The number of aliphatic imine (C=N–C) groups is 1. The van der Waals surface area contributed by atoms with Gasteiger partial charge in [-0.25, -0.2) is 4.99 Å². The predicted octanol–water partition coefficient (Wildman–Crippen LogP) is 1.89. The molecule has 2 aromatic rings. The molecule has 1 aliphatic heterocycles. The molecule has 1 saturated heterocycles. The molecule has 0 amide bonds. The molecule has 0 bridgehead atoms. The summed E-state index contributed by atoms with van der Waals surface area (Å²) in [5.41, 5.74) is 2.59. The van der Waals surface area contributed by atoms with Crippen molar-refractivity contribution in [3.8, 4) is 0 Å². The van der Waals surface area contributed by atoms with Crippen LogP contribution in [0.3, 0.4) is 0 Å². The van der Waals surface area contributed by atoms with Gasteiger partial charge < -0.3 is 19.7 Å². The van der Waals surface area contributed by atoms with E-state index in [-0.39, 0.29) is 0 Å². The lowest BCUT2D eigenvalue weighted by Gasteiger charge is -2.37. The van der Waals surface area contributed by atoms with Crippen LogP contribution in [0.5, 0.6) is 0 Å². The Kier molecular flexibility index (Phi) is 6.11. The molecule has 2 heterocycles. The SMILES string of the molecule is C=CCNC(=NCc1nnc(C)n1C)N1CCN(c2cccc(C)c2)CC1. The normalized spacial score (nSPS) is 15.1. The third kappa shape index (κ3) is 4.67. The van der Waals surface area contributed by atoms with Crippen LogP contribution in [0.15, 0.2) is 41.9 Å². The molecule has 144 valence electrons. The number of aryl methyl sites for hydroxylation is 2. The number of guanidine groups is 1. The van der Waals surface area contributed by atoms with Gasteiger partial charge in [0.25, 0.3) is 0 Å². The average Bonchev–Trinajstić information content (AvgIpc) is 3.00. The van der Waals surface area contributed by atoms with Crippen molar-refractivity contribution in [2.45, 2.75) is 20.4 Å². The first-order valence-electron chi connectivity index (χ1n) is 9.39. The van der Waals surface area contributed by atoms with E-state index in [2.05, 4.69) is 63.1 Å². The van der Waals surface area contributed by atoms with Crippen molar-refractivity contribution in [2.24, 2.45) is 12.0 Å². The quantitative estimate of drug-likeness (QED) is 0.497. The van der Waals surface area contributed by atoms with E-state index >= 15 is 0 Å². The van der Waals surface area contributed by atoms with Crippen LogP contribution in [-0.2, 0) is 13.6 Å². The summed E-state index contributed by atoms with van der Waals surface area (Å²) in [6.07, 6.45) is 1.85. The van der Waals surface area contributed by atoms with Crippen molar-refractivity contribution in [3.63, 3.8) is 0 Å². The smallest absolute Gasteiger partial charge is 0.194 e. The zero-order valence-electron chi connectivity index (χ0n) is 16.5. The third-order valence-electron chi connectivity index (χ3n) is 4.90. The molecule has 7 nitrogen and oxygen atoms in total. The summed E-state index contributed by atoms with van der Waals surface area (Å²) in [5.74, 6) is 2.66. The summed E-state index contributed by atoms with van der Waals surface area (Å²) in [7, 11) is 1.97. The number of nitrogens with one attached hydrogen (secondary N) is 1. The maximum Gasteiger partial charge on any atom is 0.194 e. The van der Waals surface area contributed by atoms with Gasteiger partial charge in [-0.15, -0.1) is 16.8 Å². The molecule has 1 aromatic carbocycles. The predicted molar refractivity (Wildman–Crippen MR) is 110 cm³/mol. The maximum atomic E-state index is 4.78. The molecule has 1 aromatic heterocycles. The molecule has 7 heteroatoms. The zero-order valence-corrected chi connectivity index (χ0v) is 16.5. The molecule has 1 N–H and O–H groups in total. The van der Waals surface area contributed by atoms with E-state index in [1.54, 1.807) is 0 Å². The molecule has 0 saturated carbocycles.